The Morgan fingerprint density at radius 1 is 1.07 bits per heavy atom. The number of hydrogen-bond donors (Lipinski definition) is 1. The maximum absolute atomic E-state index is 4.85. The SMILES string of the molecule is Cc1cn(C2CC2)c2nc(Nc3ccc(N4CCN(C)CC4)cc3)[nH+]cc12. The number of H-pyrrole nitrogens is 1. The number of likely N-dealkylation sites (N-methyl/N-ethyl adjacent to an activating group) is 1. The summed E-state index contributed by atoms with van der Waals surface area (Å²) in [5, 5.41) is 4.63. The van der Waals surface area contributed by atoms with Crippen LogP contribution in [0, 0.1) is 6.92 Å². The first-order valence-corrected chi connectivity index (χ1v) is 9.88. The highest BCUT2D eigenvalue weighted by Crippen LogP contribution is 2.38. The van der Waals surface area contributed by atoms with E-state index in [0.29, 0.717) is 6.04 Å². The molecule has 6 heteroatoms. The van der Waals surface area contributed by atoms with E-state index >= 15 is 0 Å². The van der Waals surface area contributed by atoms with Crippen molar-refractivity contribution in [1.82, 2.24) is 14.5 Å². The number of nitrogens with one attached hydrogen (secondary N) is 2. The molecule has 1 aliphatic carbocycles. The topological polar surface area (TPSA) is 50.5 Å². The van der Waals surface area contributed by atoms with Gasteiger partial charge in [0, 0.05) is 44.1 Å². The predicted molar refractivity (Wildman–Crippen MR) is 109 cm³/mol. The van der Waals surface area contributed by atoms with Crippen molar-refractivity contribution in [3.63, 3.8) is 0 Å². The van der Waals surface area contributed by atoms with Crippen LogP contribution >= 0.6 is 0 Å². The standard InChI is InChI=1S/C21H26N6/c1-15-14-27(18-7-8-18)20-19(15)13-22-21(24-20)23-16-3-5-17(6-4-16)26-11-9-25(2)10-12-26/h3-6,13-14,18H,7-12H2,1-2H3,(H,22,23,24)/p+1. The summed E-state index contributed by atoms with van der Waals surface area (Å²) in [6.45, 7) is 6.58. The zero-order chi connectivity index (χ0) is 18.4. The molecule has 0 spiro atoms. The lowest BCUT2D eigenvalue weighted by Crippen LogP contribution is -2.44. The van der Waals surface area contributed by atoms with Crippen LogP contribution in [0.1, 0.15) is 24.4 Å². The van der Waals surface area contributed by atoms with Gasteiger partial charge in [-0.2, -0.15) is 0 Å². The van der Waals surface area contributed by atoms with Crippen LogP contribution in [0.25, 0.3) is 11.0 Å². The Hall–Kier alpha value is -2.60. The molecule has 6 nitrogen and oxygen atoms in total. The van der Waals surface area contributed by atoms with E-state index in [4.69, 9.17) is 4.98 Å². The normalized spacial score (nSPS) is 18.2. The third kappa shape index (κ3) is 3.25. The fourth-order valence-electron chi connectivity index (χ4n) is 3.88. The molecule has 0 unspecified atom stereocenters. The Kier molecular flexibility index (Phi) is 4.01. The van der Waals surface area contributed by atoms with Crippen molar-refractivity contribution >= 4 is 28.4 Å². The van der Waals surface area contributed by atoms with Gasteiger partial charge in [-0.3, -0.25) is 0 Å². The van der Waals surface area contributed by atoms with Crippen LogP contribution in [0.5, 0.6) is 0 Å². The van der Waals surface area contributed by atoms with Gasteiger partial charge in [0.05, 0.1) is 17.3 Å². The van der Waals surface area contributed by atoms with Crippen molar-refractivity contribution in [2.75, 3.05) is 43.4 Å². The second-order valence-corrected chi connectivity index (χ2v) is 7.90. The third-order valence-corrected chi connectivity index (χ3v) is 5.75. The molecule has 3 heterocycles. The van der Waals surface area contributed by atoms with Gasteiger partial charge in [0.2, 0.25) is 5.65 Å². The van der Waals surface area contributed by atoms with Gasteiger partial charge in [-0.05, 0) is 56.6 Å². The van der Waals surface area contributed by atoms with E-state index < -0.39 is 0 Å². The molecule has 0 atom stereocenters. The lowest BCUT2D eigenvalue weighted by Gasteiger charge is -2.34. The van der Waals surface area contributed by atoms with E-state index in [1.807, 2.05) is 0 Å². The number of rotatable bonds is 4. The highest BCUT2D eigenvalue weighted by molar-refractivity contribution is 5.80. The maximum atomic E-state index is 4.85. The van der Waals surface area contributed by atoms with Crippen LogP contribution in [0.3, 0.4) is 0 Å². The number of anilines is 3. The molecule has 0 amide bonds. The highest BCUT2D eigenvalue weighted by Gasteiger charge is 2.27. The first-order chi connectivity index (χ1) is 13.2. The van der Waals surface area contributed by atoms with Gasteiger partial charge in [-0.25, -0.2) is 10.3 Å². The number of aromatic nitrogens is 3. The van der Waals surface area contributed by atoms with E-state index in [1.165, 1.54) is 29.5 Å². The second-order valence-electron chi connectivity index (χ2n) is 7.90. The van der Waals surface area contributed by atoms with Crippen LogP contribution in [0.2, 0.25) is 0 Å². The van der Waals surface area contributed by atoms with Gasteiger partial charge in [-0.15, -0.1) is 0 Å². The molecule has 2 aliphatic rings. The average molecular weight is 363 g/mol. The van der Waals surface area contributed by atoms with Gasteiger partial charge in [-0.1, -0.05) is 4.98 Å². The van der Waals surface area contributed by atoms with Gasteiger partial charge in [0.15, 0.2) is 0 Å². The van der Waals surface area contributed by atoms with Gasteiger partial charge in [0.25, 0.3) is 0 Å². The fraction of sp³-hybridized carbons (Fsp3) is 0.429. The van der Waals surface area contributed by atoms with Crippen LogP contribution in [-0.2, 0) is 0 Å². The average Bonchev–Trinajstić information content (AvgIpc) is 3.48. The third-order valence-electron chi connectivity index (χ3n) is 5.75. The summed E-state index contributed by atoms with van der Waals surface area (Å²) in [4.78, 5) is 13.0. The van der Waals surface area contributed by atoms with E-state index in [9.17, 15) is 0 Å². The quantitative estimate of drug-likeness (QED) is 0.774. The number of nitrogens with zero attached hydrogens (tertiary/aromatic N) is 4. The first-order valence-electron chi connectivity index (χ1n) is 9.88. The zero-order valence-electron chi connectivity index (χ0n) is 16.1. The molecule has 2 N–H and O–H groups in total. The first kappa shape index (κ1) is 16.6. The molecule has 2 fully saturated rings. The fourth-order valence-corrected chi connectivity index (χ4v) is 3.88. The Morgan fingerprint density at radius 3 is 2.52 bits per heavy atom. The van der Waals surface area contributed by atoms with E-state index in [0.717, 1.165) is 43.5 Å². The molecule has 1 saturated carbocycles. The summed E-state index contributed by atoms with van der Waals surface area (Å²) < 4.78 is 2.33. The number of aryl methyl sites for hydroxylation is 1. The lowest BCUT2D eigenvalue weighted by molar-refractivity contribution is -0.362. The molecular formula is C21H27N6+. The minimum atomic E-state index is 0.631. The summed E-state index contributed by atoms with van der Waals surface area (Å²) in [6.07, 6.45) is 6.83. The Morgan fingerprint density at radius 2 is 1.81 bits per heavy atom. The lowest BCUT2D eigenvalue weighted by atomic mass is 10.2. The maximum Gasteiger partial charge on any atom is 0.396 e. The van der Waals surface area contributed by atoms with Gasteiger partial charge in [0.1, 0.15) is 0 Å². The number of piperazine rings is 1. The molecule has 0 bridgehead atoms. The largest absolute Gasteiger partial charge is 0.396 e. The summed E-state index contributed by atoms with van der Waals surface area (Å²) in [6, 6.07) is 9.30. The number of hydrogen-bond acceptors (Lipinski definition) is 4. The van der Waals surface area contributed by atoms with Gasteiger partial charge >= 0.3 is 5.95 Å². The van der Waals surface area contributed by atoms with E-state index in [-0.39, 0.29) is 0 Å². The van der Waals surface area contributed by atoms with E-state index in [2.05, 4.69) is 75.3 Å². The number of fused-ring (bicyclic) bond motifs is 1. The zero-order valence-corrected chi connectivity index (χ0v) is 16.1. The van der Waals surface area contributed by atoms with Crippen molar-refractivity contribution < 1.29 is 4.98 Å². The van der Waals surface area contributed by atoms with E-state index in [1.54, 1.807) is 0 Å². The molecule has 0 radical (unpaired) electrons. The van der Waals surface area contributed by atoms with Crippen molar-refractivity contribution in [3.8, 4) is 0 Å². The number of aromatic amines is 1. The molecule has 1 aromatic carbocycles. The molecule has 1 saturated heterocycles. The minimum absolute atomic E-state index is 0.631. The molecule has 1 aliphatic heterocycles. The second kappa shape index (κ2) is 6.53. The summed E-state index contributed by atoms with van der Waals surface area (Å²) in [5.74, 6) is 0.787. The van der Waals surface area contributed by atoms with Crippen molar-refractivity contribution in [2.24, 2.45) is 0 Å². The van der Waals surface area contributed by atoms with Crippen molar-refractivity contribution in [3.05, 3.63) is 42.2 Å². The monoisotopic (exact) mass is 363 g/mol. The molecule has 3 aromatic rings. The summed E-state index contributed by atoms with van der Waals surface area (Å²) in [5.41, 5.74) is 4.70. The van der Waals surface area contributed by atoms with Crippen molar-refractivity contribution in [1.29, 1.82) is 0 Å². The molecule has 27 heavy (non-hydrogen) atoms. The smallest absolute Gasteiger partial charge is 0.369 e. The minimum Gasteiger partial charge on any atom is -0.369 e. The predicted octanol–water partition coefficient (Wildman–Crippen LogP) is 2.99. The molecule has 140 valence electrons. The van der Waals surface area contributed by atoms with Crippen LogP contribution < -0.4 is 15.2 Å². The Balaban J connectivity index is 1.35. The number of benzene rings is 1. The summed E-state index contributed by atoms with van der Waals surface area (Å²) >= 11 is 0. The Bertz CT molecular complexity index is 949. The van der Waals surface area contributed by atoms with Crippen LogP contribution in [-0.4, -0.2) is 47.7 Å². The van der Waals surface area contributed by atoms with Crippen LogP contribution in [0.4, 0.5) is 17.3 Å². The molecular weight excluding hydrogens is 336 g/mol. The van der Waals surface area contributed by atoms with Crippen LogP contribution in [0.15, 0.2) is 36.7 Å². The molecule has 2 aromatic heterocycles. The molecule has 5 rings (SSSR count). The summed E-state index contributed by atoms with van der Waals surface area (Å²) in [7, 11) is 2.19. The highest BCUT2D eigenvalue weighted by atomic mass is 15.2. The van der Waals surface area contributed by atoms with Gasteiger partial charge < -0.3 is 14.4 Å². The Labute approximate surface area is 159 Å². The van der Waals surface area contributed by atoms with Crippen molar-refractivity contribution in [2.45, 2.75) is 25.8 Å².